The lowest BCUT2D eigenvalue weighted by atomic mass is 9.54. The predicted octanol–water partition coefficient (Wildman–Crippen LogP) is -0.141. The van der Waals surface area contributed by atoms with Crippen LogP contribution in [0.4, 0.5) is 5.69 Å². The molecule has 3 aliphatic carbocycles. The highest BCUT2D eigenvalue weighted by molar-refractivity contribution is 6.24. The van der Waals surface area contributed by atoms with Gasteiger partial charge in [-0.1, -0.05) is 13.0 Å². The van der Waals surface area contributed by atoms with E-state index >= 15 is 0 Å². The number of phenols is 1. The van der Waals surface area contributed by atoms with Crippen molar-refractivity contribution in [3.05, 3.63) is 40.2 Å². The number of nitrogens with zero attached hydrogens (tertiary/aromatic N) is 1. The molecule has 40 heavy (non-hydrogen) atoms. The summed E-state index contributed by atoms with van der Waals surface area (Å²) in [4.78, 5) is 52.7. The van der Waals surface area contributed by atoms with Crippen LogP contribution in [0.1, 0.15) is 37.8 Å². The molecule has 0 aliphatic heterocycles. The monoisotopic (exact) mass is 559 g/mol. The van der Waals surface area contributed by atoms with Gasteiger partial charge >= 0.3 is 5.97 Å². The van der Waals surface area contributed by atoms with Gasteiger partial charge in [0.2, 0.25) is 5.78 Å². The summed E-state index contributed by atoms with van der Waals surface area (Å²) in [5.74, 6) is -10.3. The number of Topliss-reactive ketones (excluding diaryl/α,β-unsaturated/α-hetero) is 2. The lowest BCUT2D eigenvalue weighted by Crippen LogP contribution is -2.70. The highest BCUT2D eigenvalue weighted by Crippen LogP contribution is 2.56. The Bertz CT molecular complexity index is 1380. The molecule has 1 aromatic rings. The Hall–Kier alpha value is -3.94. The number of hydrogen-bond donors (Lipinski definition) is 7. The first-order chi connectivity index (χ1) is 18.6. The number of nitrogens with two attached hydrogens (primary N) is 1. The number of aromatic hydroxyl groups is 1. The van der Waals surface area contributed by atoms with Crippen molar-refractivity contribution in [2.45, 2.75) is 50.5 Å². The molecule has 0 bridgehead atoms. The number of amides is 1. The number of nitrogens with one attached hydrogen (secondary N) is 1. The highest BCUT2D eigenvalue weighted by Gasteiger charge is 2.68. The van der Waals surface area contributed by atoms with Crippen molar-refractivity contribution in [1.82, 2.24) is 4.90 Å². The van der Waals surface area contributed by atoms with Gasteiger partial charge in [0.25, 0.3) is 5.91 Å². The number of likely N-dealkylation sites (N-methyl/N-ethyl adjacent to an activating group) is 1. The first-order valence-corrected chi connectivity index (χ1v) is 12.7. The first kappa shape index (κ1) is 29.1. The Balaban J connectivity index is 1.93. The number of ether oxygens (including phenoxy) is 1. The minimum Gasteiger partial charge on any atom is -0.508 e. The largest absolute Gasteiger partial charge is 0.508 e. The third kappa shape index (κ3) is 3.87. The van der Waals surface area contributed by atoms with E-state index < -0.39 is 93.4 Å². The van der Waals surface area contributed by atoms with Crippen LogP contribution in [0.3, 0.4) is 0 Å². The molecule has 13 nitrogen and oxygen atoms in total. The number of anilines is 1. The van der Waals surface area contributed by atoms with Crippen molar-refractivity contribution >= 4 is 34.9 Å². The minimum absolute atomic E-state index is 0.0344. The van der Waals surface area contributed by atoms with Crippen LogP contribution in [0.2, 0.25) is 0 Å². The Morgan fingerprint density at radius 2 is 1.82 bits per heavy atom. The number of fused-ring (bicyclic) bond motifs is 3. The number of carbonyl (C=O) groups excluding carboxylic acids is 4. The highest BCUT2D eigenvalue weighted by atomic mass is 16.5. The van der Waals surface area contributed by atoms with Crippen LogP contribution >= 0.6 is 0 Å². The van der Waals surface area contributed by atoms with E-state index in [1.807, 2.05) is 0 Å². The number of phenolic OH excluding ortho intramolecular Hbond substituents is 1. The number of rotatable bonds is 6. The second-order valence-electron chi connectivity index (χ2n) is 10.6. The Labute approximate surface area is 229 Å². The second-order valence-corrected chi connectivity index (χ2v) is 10.6. The smallest absolute Gasteiger partial charge is 0.328 e. The normalized spacial score (nSPS) is 30.4. The van der Waals surface area contributed by atoms with Gasteiger partial charge in [0.15, 0.2) is 11.4 Å². The number of ketones is 2. The fourth-order valence-electron chi connectivity index (χ4n) is 6.29. The summed E-state index contributed by atoms with van der Waals surface area (Å²) in [5, 5.41) is 59.6. The summed E-state index contributed by atoms with van der Waals surface area (Å²) in [6, 6.07) is 0.697. The summed E-state index contributed by atoms with van der Waals surface area (Å²) in [6.45, 7) is 4.91. The molecule has 0 saturated heterocycles. The van der Waals surface area contributed by atoms with Crippen molar-refractivity contribution in [3.8, 4) is 5.75 Å². The molecule has 0 aromatic heterocycles. The summed E-state index contributed by atoms with van der Waals surface area (Å²) in [7, 11) is 2.88. The van der Waals surface area contributed by atoms with Crippen LogP contribution in [0.5, 0.6) is 5.75 Å². The van der Waals surface area contributed by atoms with Crippen LogP contribution in [-0.4, -0.2) is 98.4 Å². The Kier molecular flexibility index (Phi) is 7.20. The van der Waals surface area contributed by atoms with E-state index in [0.29, 0.717) is 5.56 Å². The molecule has 0 heterocycles. The number of hydrogen-bond acceptors (Lipinski definition) is 12. The molecule has 1 aromatic carbocycles. The number of primary amides is 1. The molecule has 0 radical (unpaired) electrons. The van der Waals surface area contributed by atoms with E-state index in [4.69, 9.17) is 10.5 Å². The van der Waals surface area contributed by atoms with E-state index in [0.717, 1.165) is 0 Å². The molecule has 3 aliphatic rings. The van der Waals surface area contributed by atoms with Crippen molar-refractivity contribution in [3.63, 3.8) is 0 Å². The number of benzene rings is 1. The fraction of sp³-hybridized carbons (Fsp3) is 0.481. The van der Waals surface area contributed by atoms with Crippen LogP contribution < -0.4 is 11.1 Å². The topological polar surface area (TPSA) is 220 Å². The van der Waals surface area contributed by atoms with Crippen molar-refractivity contribution in [2.24, 2.45) is 17.6 Å². The lowest BCUT2D eigenvalue weighted by Gasteiger charge is -2.53. The molecule has 1 saturated carbocycles. The third-order valence-corrected chi connectivity index (χ3v) is 8.14. The maximum Gasteiger partial charge on any atom is 0.328 e. The zero-order chi connectivity index (χ0) is 30.0. The average molecular weight is 560 g/mol. The quantitative estimate of drug-likeness (QED) is 0.138. The summed E-state index contributed by atoms with van der Waals surface area (Å²) in [5.41, 5.74) is 1.04. The summed E-state index contributed by atoms with van der Waals surface area (Å²) < 4.78 is 4.96. The van der Waals surface area contributed by atoms with Crippen LogP contribution in [-0.2, 0) is 23.9 Å². The molecule has 0 spiro atoms. The number of carbonyl (C=O) groups is 4. The van der Waals surface area contributed by atoms with Crippen molar-refractivity contribution < 1.29 is 49.4 Å². The zero-order valence-electron chi connectivity index (χ0n) is 22.6. The van der Waals surface area contributed by atoms with Gasteiger partial charge in [0, 0.05) is 11.5 Å². The summed E-state index contributed by atoms with van der Waals surface area (Å²) in [6.07, 6.45) is -1.68. The molecule has 13 heteroatoms. The van der Waals surface area contributed by atoms with E-state index in [2.05, 4.69) is 5.32 Å². The SMILES string of the molecule is CCOC(=O)C(C)Nc1ccc2c(c1O)C(O)=C1C(=O)[C@@]3(O)C(O)=C(C(N)=O)C(=O)[C@H](N(C)C)[C@H]3[C@H](O)[C@H]1[C@@H]2C. The minimum atomic E-state index is -2.99. The maximum atomic E-state index is 14.0. The van der Waals surface area contributed by atoms with E-state index in [9.17, 15) is 44.7 Å². The number of aliphatic hydroxyl groups is 4. The van der Waals surface area contributed by atoms with Crippen LogP contribution in [0.25, 0.3) is 5.76 Å². The van der Waals surface area contributed by atoms with Gasteiger partial charge in [-0.25, -0.2) is 4.79 Å². The molecular formula is C27H33N3O10. The van der Waals surface area contributed by atoms with Gasteiger partial charge in [0.05, 0.1) is 35.9 Å². The maximum absolute atomic E-state index is 14.0. The van der Waals surface area contributed by atoms with Gasteiger partial charge in [-0.15, -0.1) is 0 Å². The first-order valence-electron chi connectivity index (χ1n) is 12.7. The molecular weight excluding hydrogens is 526 g/mol. The van der Waals surface area contributed by atoms with Crippen molar-refractivity contribution in [1.29, 1.82) is 0 Å². The van der Waals surface area contributed by atoms with Crippen LogP contribution in [0.15, 0.2) is 29.0 Å². The number of esters is 1. The van der Waals surface area contributed by atoms with Crippen LogP contribution in [0, 0.1) is 11.8 Å². The van der Waals surface area contributed by atoms with E-state index in [1.54, 1.807) is 19.9 Å². The molecule has 8 N–H and O–H groups in total. The van der Waals surface area contributed by atoms with Gasteiger partial charge in [-0.05, 0) is 45.5 Å². The van der Waals surface area contributed by atoms with Gasteiger partial charge in [-0.3, -0.25) is 19.3 Å². The van der Waals surface area contributed by atoms with E-state index in [1.165, 1.54) is 32.0 Å². The molecule has 1 amide bonds. The fourth-order valence-corrected chi connectivity index (χ4v) is 6.29. The van der Waals surface area contributed by atoms with Gasteiger partial charge < -0.3 is 41.3 Å². The standard InChI is InChI=1S/C27H33N3O10/c1-6-40-26(38)10(3)29-12-8-7-11-9(2)13-15(20(32)14(11)19(12)31)23(35)27(39)17(21(13)33)18(30(4)5)22(34)16(24(27)36)25(28)37/h7-10,13,17-18,21,29,31-33,36,39H,6H2,1-5H3,(H2,28,37)/t9-,10?,13+,17+,18-,21-,27-/m1/s1. The zero-order valence-corrected chi connectivity index (χ0v) is 22.6. The van der Waals surface area contributed by atoms with Gasteiger partial charge in [-0.2, -0.15) is 0 Å². The second kappa shape index (κ2) is 9.91. The molecule has 1 unspecified atom stereocenters. The molecule has 7 atom stereocenters. The van der Waals surface area contributed by atoms with E-state index in [-0.39, 0.29) is 17.9 Å². The third-order valence-electron chi connectivity index (χ3n) is 8.14. The average Bonchev–Trinajstić information content (AvgIpc) is 2.87. The van der Waals surface area contributed by atoms with Gasteiger partial charge in [0.1, 0.15) is 28.9 Å². The lowest BCUT2D eigenvalue weighted by molar-refractivity contribution is -0.169. The molecule has 4 rings (SSSR count). The predicted molar refractivity (Wildman–Crippen MR) is 140 cm³/mol. The summed E-state index contributed by atoms with van der Waals surface area (Å²) >= 11 is 0. The Morgan fingerprint density at radius 1 is 1.20 bits per heavy atom. The molecule has 216 valence electrons. The van der Waals surface area contributed by atoms with Crippen molar-refractivity contribution in [2.75, 3.05) is 26.0 Å². The number of aliphatic hydroxyl groups excluding tert-OH is 3. The Morgan fingerprint density at radius 3 is 2.38 bits per heavy atom. The molecule has 1 fully saturated rings.